The molecule has 0 rings (SSSR count). The highest BCUT2D eigenvalue weighted by atomic mass is 16.2. The van der Waals surface area contributed by atoms with E-state index < -0.39 is 11.8 Å². The van der Waals surface area contributed by atoms with Crippen LogP contribution in [0.2, 0.25) is 0 Å². The number of hydrogen-bond donors (Lipinski definition) is 2. The third-order valence-corrected chi connectivity index (χ3v) is 3.28. The predicted molar refractivity (Wildman–Crippen MR) is 83.5 cm³/mol. The highest BCUT2D eigenvalue weighted by Gasteiger charge is 2.11. The maximum atomic E-state index is 11.5. The average Bonchev–Trinajstić information content (AvgIpc) is 2.41. The molecule has 0 spiro atoms. The van der Waals surface area contributed by atoms with Gasteiger partial charge in [-0.15, -0.1) is 0 Å². The van der Waals surface area contributed by atoms with Gasteiger partial charge in [0.05, 0.1) is 0 Å². The molecule has 0 heterocycles. The molecule has 0 saturated carbocycles. The summed E-state index contributed by atoms with van der Waals surface area (Å²) in [4.78, 5) is 22.9. The first-order chi connectivity index (χ1) is 9.57. The summed E-state index contributed by atoms with van der Waals surface area (Å²) in [5.41, 5.74) is 0. The van der Waals surface area contributed by atoms with Crippen LogP contribution in [0, 0.1) is 5.92 Å². The Morgan fingerprint density at radius 1 is 0.800 bits per heavy atom. The van der Waals surface area contributed by atoms with Crippen LogP contribution >= 0.6 is 0 Å². The molecule has 2 amide bonds. The zero-order valence-electron chi connectivity index (χ0n) is 13.5. The molecule has 2 N–H and O–H groups in total. The lowest BCUT2D eigenvalue weighted by Crippen LogP contribution is -2.40. The zero-order chi connectivity index (χ0) is 15.2. The Labute approximate surface area is 124 Å². The van der Waals surface area contributed by atoms with Crippen molar-refractivity contribution in [2.75, 3.05) is 13.1 Å². The minimum atomic E-state index is -0.506. The van der Waals surface area contributed by atoms with E-state index in [1.807, 2.05) is 0 Å². The molecule has 0 saturated heterocycles. The second-order valence-corrected chi connectivity index (χ2v) is 5.82. The van der Waals surface area contributed by atoms with Gasteiger partial charge in [-0.3, -0.25) is 9.59 Å². The number of amides is 2. The molecular weight excluding hydrogens is 252 g/mol. The molecule has 0 aromatic rings. The van der Waals surface area contributed by atoms with E-state index in [0.717, 1.165) is 19.3 Å². The van der Waals surface area contributed by atoms with E-state index in [1.165, 1.54) is 32.1 Å². The van der Waals surface area contributed by atoms with E-state index in [9.17, 15) is 9.59 Å². The summed E-state index contributed by atoms with van der Waals surface area (Å²) < 4.78 is 0. The number of rotatable bonds is 11. The molecule has 118 valence electrons. The van der Waals surface area contributed by atoms with E-state index in [0.29, 0.717) is 19.0 Å². The summed E-state index contributed by atoms with van der Waals surface area (Å²) in [6, 6.07) is 0. The molecule has 4 nitrogen and oxygen atoms in total. The van der Waals surface area contributed by atoms with Gasteiger partial charge in [0, 0.05) is 13.1 Å². The molecule has 0 aromatic heterocycles. The minimum Gasteiger partial charge on any atom is -0.348 e. The first-order valence-electron chi connectivity index (χ1n) is 8.14. The summed E-state index contributed by atoms with van der Waals surface area (Å²) in [7, 11) is 0. The van der Waals surface area contributed by atoms with Crippen LogP contribution < -0.4 is 10.6 Å². The van der Waals surface area contributed by atoms with Gasteiger partial charge in [0.1, 0.15) is 0 Å². The third kappa shape index (κ3) is 12.0. The first-order valence-corrected chi connectivity index (χ1v) is 8.14. The summed E-state index contributed by atoms with van der Waals surface area (Å²) >= 11 is 0. The smallest absolute Gasteiger partial charge is 0.309 e. The molecule has 20 heavy (non-hydrogen) atoms. The van der Waals surface area contributed by atoms with Gasteiger partial charge in [0.2, 0.25) is 0 Å². The molecule has 0 aliphatic heterocycles. The largest absolute Gasteiger partial charge is 0.348 e. The Morgan fingerprint density at radius 2 is 1.30 bits per heavy atom. The number of hydrogen-bond acceptors (Lipinski definition) is 2. The van der Waals surface area contributed by atoms with Crippen molar-refractivity contribution in [1.82, 2.24) is 10.6 Å². The van der Waals surface area contributed by atoms with Crippen LogP contribution in [-0.4, -0.2) is 24.9 Å². The molecule has 0 unspecified atom stereocenters. The Bertz CT molecular complexity index is 265. The minimum absolute atomic E-state index is 0.500. The number of unbranched alkanes of at least 4 members (excludes halogenated alkanes) is 6. The van der Waals surface area contributed by atoms with Crippen molar-refractivity contribution in [3.63, 3.8) is 0 Å². The number of carbonyl (C=O) groups excluding carboxylic acids is 2. The number of nitrogens with one attached hydrogen (secondary N) is 2. The summed E-state index contributed by atoms with van der Waals surface area (Å²) in [6.45, 7) is 7.56. The molecule has 0 bridgehead atoms. The fraction of sp³-hybridized carbons (Fsp3) is 0.875. The zero-order valence-corrected chi connectivity index (χ0v) is 13.5. The maximum absolute atomic E-state index is 11.5. The van der Waals surface area contributed by atoms with Crippen LogP contribution in [0.3, 0.4) is 0 Å². The molecular formula is C16H32N2O2. The van der Waals surface area contributed by atoms with Crippen molar-refractivity contribution < 1.29 is 9.59 Å². The SMILES string of the molecule is CCCCCCCCCNC(=O)C(=O)NCCC(C)C. The van der Waals surface area contributed by atoms with Crippen molar-refractivity contribution in [3.05, 3.63) is 0 Å². The van der Waals surface area contributed by atoms with Crippen LogP contribution in [0.15, 0.2) is 0 Å². The fourth-order valence-corrected chi connectivity index (χ4v) is 1.92. The van der Waals surface area contributed by atoms with E-state index in [2.05, 4.69) is 31.4 Å². The van der Waals surface area contributed by atoms with Crippen LogP contribution in [0.5, 0.6) is 0 Å². The average molecular weight is 284 g/mol. The van der Waals surface area contributed by atoms with Gasteiger partial charge in [0.25, 0.3) is 0 Å². The lowest BCUT2D eigenvalue weighted by atomic mass is 10.1. The highest BCUT2D eigenvalue weighted by Crippen LogP contribution is 2.06. The fourth-order valence-electron chi connectivity index (χ4n) is 1.92. The Hall–Kier alpha value is -1.06. The van der Waals surface area contributed by atoms with Crippen LogP contribution in [-0.2, 0) is 9.59 Å². The second-order valence-electron chi connectivity index (χ2n) is 5.82. The maximum Gasteiger partial charge on any atom is 0.309 e. The van der Waals surface area contributed by atoms with Crippen molar-refractivity contribution in [2.45, 2.75) is 72.1 Å². The van der Waals surface area contributed by atoms with Crippen molar-refractivity contribution in [3.8, 4) is 0 Å². The molecule has 0 fully saturated rings. The van der Waals surface area contributed by atoms with Crippen molar-refractivity contribution >= 4 is 11.8 Å². The van der Waals surface area contributed by atoms with Crippen molar-refractivity contribution in [2.24, 2.45) is 5.92 Å². The van der Waals surface area contributed by atoms with Gasteiger partial charge in [-0.2, -0.15) is 0 Å². The first kappa shape index (κ1) is 18.9. The second kappa shape index (κ2) is 12.9. The summed E-state index contributed by atoms with van der Waals surface area (Å²) in [5.74, 6) is -0.473. The summed E-state index contributed by atoms with van der Waals surface area (Å²) in [5, 5.41) is 5.31. The molecule has 0 atom stereocenters. The Kier molecular flexibility index (Phi) is 12.3. The van der Waals surface area contributed by atoms with E-state index in [-0.39, 0.29) is 0 Å². The van der Waals surface area contributed by atoms with Gasteiger partial charge in [-0.25, -0.2) is 0 Å². The van der Waals surface area contributed by atoms with Crippen LogP contribution in [0.25, 0.3) is 0 Å². The molecule has 0 aliphatic carbocycles. The monoisotopic (exact) mass is 284 g/mol. The predicted octanol–water partition coefficient (Wildman–Crippen LogP) is 3.02. The van der Waals surface area contributed by atoms with Gasteiger partial charge in [-0.05, 0) is 18.8 Å². The van der Waals surface area contributed by atoms with Crippen LogP contribution in [0.1, 0.15) is 72.1 Å². The number of carbonyl (C=O) groups is 2. The Balaban J connectivity index is 3.41. The molecule has 0 radical (unpaired) electrons. The standard InChI is InChI=1S/C16H32N2O2/c1-4-5-6-7-8-9-10-12-17-15(19)16(20)18-13-11-14(2)3/h14H,4-13H2,1-3H3,(H,17,19)(H,18,20). The third-order valence-electron chi connectivity index (χ3n) is 3.28. The molecule has 0 aliphatic rings. The van der Waals surface area contributed by atoms with Gasteiger partial charge in [0.15, 0.2) is 0 Å². The van der Waals surface area contributed by atoms with Crippen LogP contribution in [0.4, 0.5) is 0 Å². The lowest BCUT2D eigenvalue weighted by Gasteiger charge is -2.07. The summed E-state index contributed by atoms with van der Waals surface area (Å²) in [6.07, 6.45) is 9.36. The van der Waals surface area contributed by atoms with E-state index in [4.69, 9.17) is 0 Å². The van der Waals surface area contributed by atoms with Crippen molar-refractivity contribution in [1.29, 1.82) is 0 Å². The van der Waals surface area contributed by atoms with Gasteiger partial charge >= 0.3 is 11.8 Å². The molecule has 0 aromatic carbocycles. The normalized spacial score (nSPS) is 10.6. The van der Waals surface area contributed by atoms with E-state index >= 15 is 0 Å². The highest BCUT2D eigenvalue weighted by molar-refractivity contribution is 6.35. The van der Waals surface area contributed by atoms with Gasteiger partial charge < -0.3 is 10.6 Å². The van der Waals surface area contributed by atoms with E-state index in [1.54, 1.807) is 0 Å². The van der Waals surface area contributed by atoms with Gasteiger partial charge in [-0.1, -0.05) is 59.3 Å². The lowest BCUT2D eigenvalue weighted by molar-refractivity contribution is -0.139. The quantitative estimate of drug-likeness (QED) is 0.452. The topological polar surface area (TPSA) is 58.2 Å². The molecule has 4 heteroatoms. The Morgan fingerprint density at radius 3 is 1.85 bits per heavy atom.